The average molecular weight is 277 g/mol. The molecule has 20 heavy (non-hydrogen) atoms. The molecule has 1 aromatic rings. The molecule has 1 fully saturated rings. The number of rotatable bonds is 5. The Bertz CT molecular complexity index is 447. The van der Waals surface area contributed by atoms with Gasteiger partial charge in [0, 0.05) is 6.54 Å². The zero-order valence-electron chi connectivity index (χ0n) is 12.0. The Labute approximate surface area is 120 Å². The molecule has 2 rings (SSSR count). The standard InChI is InChI=1S/C16H23NO3/c1-2-20-14-8-6-7-13(11-14)12-17-10-5-3-4-9-15(17)16(18)19/h6-8,11,15H,2-5,9-10,12H2,1H3,(H,18,19). The Kier molecular flexibility index (Phi) is 5.41. The van der Waals surface area contributed by atoms with Crippen molar-refractivity contribution in [1.82, 2.24) is 4.90 Å². The first-order valence-corrected chi connectivity index (χ1v) is 7.39. The lowest BCUT2D eigenvalue weighted by Crippen LogP contribution is -2.40. The molecule has 0 aliphatic carbocycles. The van der Waals surface area contributed by atoms with E-state index in [1.165, 1.54) is 0 Å². The molecule has 1 aliphatic rings. The maximum atomic E-state index is 11.4. The summed E-state index contributed by atoms with van der Waals surface area (Å²) in [5, 5.41) is 9.38. The molecule has 1 N–H and O–H groups in total. The number of nitrogens with zero attached hydrogens (tertiary/aromatic N) is 1. The van der Waals surface area contributed by atoms with Crippen LogP contribution in [-0.2, 0) is 11.3 Å². The first kappa shape index (κ1) is 14.9. The van der Waals surface area contributed by atoms with Crippen LogP contribution in [0.3, 0.4) is 0 Å². The highest BCUT2D eigenvalue weighted by Crippen LogP contribution is 2.21. The Balaban J connectivity index is 2.09. The first-order chi connectivity index (χ1) is 9.70. The Morgan fingerprint density at radius 2 is 2.25 bits per heavy atom. The van der Waals surface area contributed by atoms with E-state index >= 15 is 0 Å². The van der Waals surface area contributed by atoms with E-state index in [-0.39, 0.29) is 6.04 Å². The van der Waals surface area contributed by atoms with Gasteiger partial charge in [-0.3, -0.25) is 9.69 Å². The lowest BCUT2D eigenvalue weighted by Gasteiger charge is -2.26. The Hall–Kier alpha value is -1.55. The summed E-state index contributed by atoms with van der Waals surface area (Å²) >= 11 is 0. The minimum atomic E-state index is -0.701. The van der Waals surface area contributed by atoms with Gasteiger partial charge in [-0.15, -0.1) is 0 Å². The van der Waals surface area contributed by atoms with Crippen molar-refractivity contribution in [2.75, 3.05) is 13.2 Å². The van der Waals surface area contributed by atoms with Crippen molar-refractivity contribution in [2.24, 2.45) is 0 Å². The van der Waals surface area contributed by atoms with Crippen molar-refractivity contribution >= 4 is 5.97 Å². The zero-order valence-corrected chi connectivity index (χ0v) is 12.0. The normalized spacial score (nSPS) is 20.4. The van der Waals surface area contributed by atoms with Gasteiger partial charge >= 0.3 is 5.97 Å². The van der Waals surface area contributed by atoms with Crippen LogP contribution in [0.25, 0.3) is 0 Å². The van der Waals surface area contributed by atoms with Crippen molar-refractivity contribution in [3.63, 3.8) is 0 Å². The summed E-state index contributed by atoms with van der Waals surface area (Å²) in [6.07, 6.45) is 3.96. The third-order valence-electron chi connectivity index (χ3n) is 3.74. The summed E-state index contributed by atoms with van der Waals surface area (Å²) in [4.78, 5) is 13.5. The van der Waals surface area contributed by atoms with E-state index in [0.717, 1.165) is 43.5 Å². The molecular weight excluding hydrogens is 254 g/mol. The van der Waals surface area contributed by atoms with Crippen LogP contribution in [-0.4, -0.2) is 35.2 Å². The molecule has 0 saturated carbocycles. The molecule has 0 radical (unpaired) electrons. The molecule has 1 saturated heterocycles. The molecule has 1 unspecified atom stereocenters. The van der Waals surface area contributed by atoms with Crippen molar-refractivity contribution in [1.29, 1.82) is 0 Å². The Morgan fingerprint density at radius 3 is 3.00 bits per heavy atom. The van der Waals surface area contributed by atoms with Crippen LogP contribution in [0.4, 0.5) is 0 Å². The van der Waals surface area contributed by atoms with Crippen LogP contribution >= 0.6 is 0 Å². The molecule has 110 valence electrons. The quantitative estimate of drug-likeness (QED) is 0.899. The summed E-state index contributed by atoms with van der Waals surface area (Å²) in [7, 11) is 0. The van der Waals surface area contributed by atoms with Crippen molar-refractivity contribution in [3.05, 3.63) is 29.8 Å². The number of aliphatic carboxylic acids is 1. The van der Waals surface area contributed by atoms with Gasteiger partial charge in [-0.05, 0) is 44.0 Å². The second-order valence-electron chi connectivity index (χ2n) is 5.25. The van der Waals surface area contributed by atoms with Crippen molar-refractivity contribution in [2.45, 2.75) is 45.2 Å². The number of hydrogen-bond donors (Lipinski definition) is 1. The van der Waals surface area contributed by atoms with E-state index in [1.54, 1.807) is 0 Å². The molecule has 1 heterocycles. The summed E-state index contributed by atoms with van der Waals surface area (Å²) in [6, 6.07) is 7.59. The highest BCUT2D eigenvalue weighted by molar-refractivity contribution is 5.73. The van der Waals surface area contributed by atoms with Crippen LogP contribution in [0.1, 0.15) is 38.2 Å². The largest absolute Gasteiger partial charge is 0.494 e. The molecule has 1 atom stereocenters. The Morgan fingerprint density at radius 1 is 1.40 bits per heavy atom. The third-order valence-corrected chi connectivity index (χ3v) is 3.74. The fourth-order valence-corrected chi connectivity index (χ4v) is 2.77. The second-order valence-corrected chi connectivity index (χ2v) is 5.25. The number of carboxylic acid groups (broad SMARTS) is 1. The third kappa shape index (κ3) is 3.97. The van der Waals surface area contributed by atoms with Gasteiger partial charge in [-0.25, -0.2) is 0 Å². The highest BCUT2D eigenvalue weighted by atomic mass is 16.5. The van der Waals surface area contributed by atoms with E-state index in [4.69, 9.17) is 4.74 Å². The van der Waals surface area contributed by atoms with Gasteiger partial charge in [0.15, 0.2) is 0 Å². The van der Waals surface area contributed by atoms with Gasteiger partial charge in [0.1, 0.15) is 11.8 Å². The van der Waals surface area contributed by atoms with E-state index in [1.807, 2.05) is 31.2 Å². The predicted molar refractivity (Wildman–Crippen MR) is 77.9 cm³/mol. The predicted octanol–water partition coefficient (Wildman–Crippen LogP) is 2.91. The molecule has 1 aliphatic heterocycles. The molecule has 0 amide bonds. The fraction of sp³-hybridized carbons (Fsp3) is 0.562. The van der Waals surface area contributed by atoms with Crippen LogP contribution < -0.4 is 4.74 Å². The smallest absolute Gasteiger partial charge is 0.320 e. The number of carbonyl (C=O) groups is 1. The van der Waals surface area contributed by atoms with Crippen LogP contribution in [0, 0.1) is 0 Å². The van der Waals surface area contributed by atoms with Gasteiger partial charge in [0.05, 0.1) is 6.61 Å². The average Bonchev–Trinajstić information content (AvgIpc) is 2.65. The maximum absolute atomic E-state index is 11.4. The number of carboxylic acids is 1. The fourth-order valence-electron chi connectivity index (χ4n) is 2.77. The van der Waals surface area contributed by atoms with Gasteiger partial charge in [-0.1, -0.05) is 25.0 Å². The maximum Gasteiger partial charge on any atom is 0.320 e. The highest BCUT2D eigenvalue weighted by Gasteiger charge is 2.26. The van der Waals surface area contributed by atoms with Crippen LogP contribution in [0.15, 0.2) is 24.3 Å². The first-order valence-electron chi connectivity index (χ1n) is 7.39. The van der Waals surface area contributed by atoms with Gasteiger partial charge in [-0.2, -0.15) is 0 Å². The minimum Gasteiger partial charge on any atom is -0.494 e. The zero-order chi connectivity index (χ0) is 14.4. The van der Waals surface area contributed by atoms with E-state index in [0.29, 0.717) is 13.2 Å². The monoisotopic (exact) mass is 277 g/mol. The molecule has 0 bridgehead atoms. The van der Waals surface area contributed by atoms with Gasteiger partial charge in [0.2, 0.25) is 0 Å². The van der Waals surface area contributed by atoms with Crippen molar-refractivity contribution in [3.8, 4) is 5.75 Å². The van der Waals surface area contributed by atoms with Crippen LogP contribution in [0.5, 0.6) is 5.75 Å². The minimum absolute atomic E-state index is 0.353. The number of benzene rings is 1. The SMILES string of the molecule is CCOc1cccc(CN2CCCCCC2C(=O)O)c1. The molecular formula is C16H23NO3. The molecule has 0 spiro atoms. The molecule has 4 nitrogen and oxygen atoms in total. The summed E-state index contributed by atoms with van der Waals surface area (Å²) in [6.45, 7) is 4.14. The summed E-state index contributed by atoms with van der Waals surface area (Å²) < 4.78 is 5.50. The van der Waals surface area contributed by atoms with Gasteiger partial charge < -0.3 is 9.84 Å². The lowest BCUT2D eigenvalue weighted by atomic mass is 10.1. The molecule has 1 aromatic carbocycles. The van der Waals surface area contributed by atoms with Crippen LogP contribution in [0.2, 0.25) is 0 Å². The number of ether oxygens (including phenoxy) is 1. The molecule has 4 heteroatoms. The van der Waals surface area contributed by atoms with E-state index in [9.17, 15) is 9.90 Å². The topological polar surface area (TPSA) is 49.8 Å². The number of likely N-dealkylation sites (tertiary alicyclic amines) is 1. The van der Waals surface area contributed by atoms with Crippen molar-refractivity contribution < 1.29 is 14.6 Å². The van der Waals surface area contributed by atoms with Gasteiger partial charge in [0.25, 0.3) is 0 Å². The van der Waals surface area contributed by atoms with E-state index < -0.39 is 5.97 Å². The number of hydrogen-bond acceptors (Lipinski definition) is 3. The van der Waals surface area contributed by atoms with E-state index in [2.05, 4.69) is 4.90 Å². The lowest BCUT2D eigenvalue weighted by molar-refractivity contribution is -0.143. The summed E-state index contributed by atoms with van der Waals surface area (Å²) in [5.41, 5.74) is 1.11. The molecule has 0 aromatic heterocycles. The second kappa shape index (κ2) is 7.29. The summed E-state index contributed by atoms with van der Waals surface area (Å²) in [5.74, 6) is 0.152.